The summed E-state index contributed by atoms with van der Waals surface area (Å²) in [6.45, 7) is 2.88. The Labute approximate surface area is 116 Å². The third-order valence-electron chi connectivity index (χ3n) is 3.37. The van der Waals surface area contributed by atoms with Crippen molar-refractivity contribution in [3.05, 3.63) is 24.2 Å². The molecule has 106 valence electrons. The first-order valence-electron chi connectivity index (χ1n) is 6.69. The van der Waals surface area contributed by atoms with Crippen LogP contribution < -0.4 is 5.32 Å². The maximum Gasteiger partial charge on any atom is 0.321 e. The van der Waals surface area contributed by atoms with Crippen molar-refractivity contribution >= 4 is 17.4 Å². The Morgan fingerprint density at radius 1 is 1.50 bits per heavy atom. The normalized spacial score (nSPS) is 19.3. The highest BCUT2D eigenvalue weighted by molar-refractivity contribution is 5.89. The summed E-state index contributed by atoms with van der Waals surface area (Å²) in [6.07, 6.45) is 2.90. The minimum Gasteiger partial charge on any atom is -0.391 e. The number of anilines is 1. The maximum atomic E-state index is 12.1. The second kappa shape index (κ2) is 5.09. The molecule has 1 aliphatic rings. The Morgan fingerprint density at radius 2 is 2.35 bits per heavy atom. The van der Waals surface area contributed by atoms with Crippen LogP contribution in [0.15, 0.2) is 18.3 Å². The van der Waals surface area contributed by atoms with Gasteiger partial charge in [0.15, 0.2) is 5.65 Å². The first kappa shape index (κ1) is 12.9. The lowest BCUT2D eigenvalue weighted by Crippen LogP contribution is -2.44. The van der Waals surface area contributed by atoms with Crippen molar-refractivity contribution in [2.24, 2.45) is 0 Å². The van der Waals surface area contributed by atoms with E-state index < -0.39 is 6.10 Å². The standard InChI is InChI=1S/C13H17N5O2/c1-9-14-12-5-4-10(7-18(12)16-9)15-13(20)17-6-2-3-11(19)8-17/h4-5,7,11,19H,2-3,6,8H2,1H3,(H,15,20)/t11-/m0/s1. The number of aryl methyl sites for hydroxylation is 1. The van der Waals surface area contributed by atoms with Gasteiger partial charge in [0.05, 0.1) is 18.0 Å². The Bertz CT molecular complexity index is 639. The number of β-amino-alcohol motifs (C(OH)–C–C–N with tert-alkyl or cyclic N) is 1. The lowest BCUT2D eigenvalue weighted by molar-refractivity contribution is 0.0883. The van der Waals surface area contributed by atoms with E-state index in [0.717, 1.165) is 18.5 Å². The van der Waals surface area contributed by atoms with Crippen LogP contribution in [0.3, 0.4) is 0 Å². The van der Waals surface area contributed by atoms with E-state index in [4.69, 9.17) is 0 Å². The summed E-state index contributed by atoms with van der Waals surface area (Å²) in [7, 11) is 0. The number of likely N-dealkylation sites (tertiary alicyclic amines) is 1. The van der Waals surface area contributed by atoms with Crippen LogP contribution in [0.5, 0.6) is 0 Å². The van der Waals surface area contributed by atoms with E-state index in [0.29, 0.717) is 24.6 Å². The van der Waals surface area contributed by atoms with Crippen molar-refractivity contribution in [2.75, 3.05) is 18.4 Å². The van der Waals surface area contributed by atoms with Gasteiger partial charge < -0.3 is 15.3 Å². The molecule has 0 bridgehead atoms. The molecular formula is C13H17N5O2. The molecule has 0 spiro atoms. The zero-order valence-electron chi connectivity index (χ0n) is 11.3. The van der Waals surface area contributed by atoms with Gasteiger partial charge in [0.2, 0.25) is 0 Å². The van der Waals surface area contributed by atoms with Crippen LogP contribution in [0.25, 0.3) is 5.65 Å². The topological polar surface area (TPSA) is 82.8 Å². The molecular weight excluding hydrogens is 258 g/mol. The fraction of sp³-hybridized carbons (Fsp3) is 0.462. The van der Waals surface area contributed by atoms with E-state index in [1.165, 1.54) is 0 Å². The monoisotopic (exact) mass is 275 g/mol. The van der Waals surface area contributed by atoms with Crippen LogP contribution in [-0.4, -0.2) is 49.8 Å². The van der Waals surface area contributed by atoms with Gasteiger partial charge in [-0.1, -0.05) is 0 Å². The molecule has 0 aliphatic carbocycles. The van der Waals surface area contributed by atoms with Crippen molar-refractivity contribution in [1.29, 1.82) is 0 Å². The number of amides is 2. The van der Waals surface area contributed by atoms with Gasteiger partial charge in [0.1, 0.15) is 5.82 Å². The van der Waals surface area contributed by atoms with Gasteiger partial charge in [-0.25, -0.2) is 14.3 Å². The molecule has 2 N–H and O–H groups in total. The van der Waals surface area contributed by atoms with Gasteiger partial charge in [-0.3, -0.25) is 0 Å². The van der Waals surface area contributed by atoms with Crippen molar-refractivity contribution in [2.45, 2.75) is 25.9 Å². The highest BCUT2D eigenvalue weighted by Crippen LogP contribution is 2.14. The molecule has 3 rings (SSSR count). The molecule has 2 aromatic heterocycles. The van der Waals surface area contributed by atoms with Gasteiger partial charge in [0.25, 0.3) is 0 Å². The summed E-state index contributed by atoms with van der Waals surface area (Å²) < 4.78 is 1.63. The number of hydrogen-bond acceptors (Lipinski definition) is 4. The highest BCUT2D eigenvalue weighted by Gasteiger charge is 2.22. The number of carbonyl (C=O) groups excluding carboxylic acids is 1. The van der Waals surface area contributed by atoms with Crippen LogP contribution in [0, 0.1) is 6.92 Å². The molecule has 0 unspecified atom stereocenters. The number of nitrogens with one attached hydrogen (secondary N) is 1. The Hall–Kier alpha value is -2.15. The first-order chi connectivity index (χ1) is 9.61. The van der Waals surface area contributed by atoms with Crippen LogP contribution in [0.2, 0.25) is 0 Å². The number of piperidine rings is 1. The van der Waals surface area contributed by atoms with E-state index in [1.54, 1.807) is 27.7 Å². The largest absolute Gasteiger partial charge is 0.391 e. The number of rotatable bonds is 1. The van der Waals surface area contributed by atoms with Crippen LogP contribution in [0.4, 0.5) is 10.5 Å². The van der Waals surface area contributed by atoms with E-state index >= 15 is 0 Å². The smallest absolute Gasteiger partial charge is 0.321 e. The lowest BCUT2D eigenvalue weighted by atomic mass is 10.1. The number of aliphatic hydroxyl groups excluding tert-OH is 1. The highest BCUT2D eigenvalue weighted by atomic mass is 16.3. The second-order valence-corrected chi connectivity index (χ2v) is 5.05. The summed E-state index contributed by atoms with van der Waals surface area (Å²) in [5, 5.41) is 16.6. The average molecular weight is 275 g/mol. The summed E-state index contributed by atoms with van der Waals surface area (Å²) >= 11 is 0. The summed E-state index contributed by atoms with van der Waals surface area (Å²) in [4.78, 5) is 18.0. The van der Waals surface area contributed by atoms with E-state index in [9.17, 15) is 9.90 Å². The van der Waals surface area contributed by atoms with Crippen molar-refractivity contribution in [3.8, 4) is 0 Å². The minimum absolute atomic E-state index is 0.195. The molecule has 1 atom stereocenters. The van der Waals surface area contributed by atoms with Gasteiger partial charge in [0, 0.05) is 13.1 Å². The fourth-order valence-corrected chi connectivity index (χ4v) is 2.41. The Balaban J connectivity index is 1.73. The van der Waals surface area contributed by atoms with Gasteiger partial charge in [-0.15, -0.1) is 0 Å². The molecule has 1 aliphatic heterocycles. The summed E-state index contributed by atoms with van der Waals surface area (Å²) in [5.74, 6) is 0.688. The van der Waals surface area contributed by atoms with Gasteiger partial charge in [-0.2, -0.15) is 5.10 Å². The fourth-order valence-electron chi connectivity index (χ4n) is 2.41. The quantitative estimate of drug-likeness (QED) is 0.814. The van der Waals surface area contributed by atoms with Gasteiger partial charge in [-0.05, 0) is 31.9 Å². The molecule has 3 heterocycles. The third-order valence-corrected chi connectivity index (χ3v) is 3.37. The number of aromatic nitrogens is 3. The van der Waals surface area contributed by atoms with Crippen LogP contribution in [-0.2, 0) is 0 Å². The summed E-state index contributed by atoms with van der Waals surface area (Å²) in [5.41, 5.74) is 1.40. The molecule has 7 heteroatoms. The van der Waals surface area contributed by atoms with Crippen LogP contribution in [0.1, 0.15) is 18.7 Å². The summed E-state index contributed by atoms with van der Waals surface area (Å²) in [6, 6.07) is 3.41. The average Bonchev–Trinajstić information content (AvgIpc) is 2.78. The first-order valence-corrected chi connectivity index (χ1v) is 6.69. The van der Waals surface area contributed by atoms with Crippen molar-refractivity contribution in [3.63, 3.8) is 0 Å². The number of urea groups is 1. The Morgan fingerprint density at radius 3 is 3.15 bits per heavy atom. The molecule has 2 amide bonds. The number of nitrogens with zero attached hydrogens (tertiary/aromatic N) is 4. The number of carbonyl (C=O) groups is 1. The molecule has 7 nitrogen and oxygen atoms in total. The SMILES string of the molecule is Cc1nc2ccc(NC(=O)N3CCC[C@H](O)C3)cn2n1. The zero-order chi connectivity index (χ0) is 14.1. The van der Waals surface area contributed by atoms with E-state index in [-0.39, 0.29) is 6.03 Å². The van der Waals surface area contributed by atoms with E-state index in [2.05, 4.69) is 15.4 Å². The Kier molecular flexibility index (Phi) is 3.27. The molecule has 1 saturated heterocycles. The van der Waals surface area contributed by atoms with Crippen molar-refractivity contribution in [1.82, 2.24) is 19.5 Å². The predicted molar refractivity (Wildman–Crippen MR) is 73.6 cm³/mol. The predicted octanol–water partition coefficient (Wildman–Crippen LogP) is 1.03. The molecule has 0 aromatic carbocycles. The number of pyridine rings is 1. The molecule has 2 aromatic rings. The van der Waals surface area contributed by atoms with E-state index in [1.807, 2.05) is 6.92 Å². The van der Waals surface area contributed by atoms with Gasteiger partial charge >= 0.3 is 6.03 Å². The number of hydrogen-bond donors (Lipinski definition) is 2. The third kappa shape index (κ3) is 2.57. The zero-order valence-corrected chi connectivity index (χ0v) is 11.3. The van der Waals surface area contributed by atoms with Crippen molar-refractivity contribution < 1.29 is 9.90 Å². The maximum absolute atomic E-state index is 12.1. The van der Waals surface area contributed by atoms with Crippen LogP contribution >= 0.6 is 0 Å². The number of fused-ring (bicyclic) bond motifs is 1. The lowest BCUT2D eigenvalue weighted by Gasteiger charge is -2.30. The minimum atomic E-state index is -0.421. The molecule has 0 radical (unpaired) electrons. The molecule has 1 fully saturated rings. The molecule has 0 saturated carbocycles. The molecule has 20 heavy (non-hydrogen) atoms. The number of aliphatic hydroxyl groups is 1. The second-order valence-electron chi connectivity index (χ2n) is 5.05.